The van der Waals surface area contributed by atoms with E-state index in [1.54, 1.807) is 0 Å². The van der Waals surface area contributed by atoms with Crippen molar-refractivity contribution in [1.82, 2.24) is 0 Å². The molecule has 2 aliphatic heterocycles. The number of benzene rings is 3. The van der Waals surface area contributed by atoms with Gasteiger partial charge in [0.1, 0.15) is 11.1 Å². The predicted octanol–water partition coefficient (Wildman–Crippen LogP) is 4.65. The van der Waals surface area contributed by atoms with E-state index >= 15 is 0 Å². The Morgan fingerprint density at radius 3 is 1.93 bits per heavy atom. The van der Waals surface area contributed by atoms with Crippen molar-refractivity contribution < 1.29 is 9.13 Å². The highest BCUT2D eigenvalue weighted by molar-refractivity contribution is 6.07. The van der Waals surface area contributed by atoms with Crippen molar-refractivity contribution in [2.45, 2.75) is 5.66 Å². The van der Waals surface area contributed by atoms with Crippen LogP contribution in [0.1, 0.15) is 11.1 Å². The van der Waals surface area contributed by atoms with Crippen LogP contribution in [0.25, 0.3) is 44.4 Å². The SMILES string of the molecule is c1cc2c3c(c1)-c1cccc[n+]1C31c3c(ccc4cccc-2c34)-c2cccc[n+]21. The molecule has 5 aromatic rings. The zero-order valence-corrected chi connectivity index (χ0v) is 15.6. The molecule has 0 N–H and O–H groups in total. The fourth-order valence-electron chi connectivity index (χ4n) is 6.16. The summed E-state index contributed by atoms with van der Waals surface area (Å²) in [7, 11) is 0. The summed E-state index contributed by atoms with van der Waals surface area (Å²) >= 11 is 0. The van der Waals surface area contributed by atoms with Gasteiger partial charge in [0, 0.05) is 35.2 Å². The van der Waals surface area contributed by atoms with Gasteiger partial charge >= 0.3 is 5.66 Å². The molecule has 2 heteroatoms. The second-order valence-corrected chi connectivity index (χ2v) is 8.20. The van der Waals surface area contributed by atoms with Gasteiger partial charge in [0.15, 0.2) is 12.4 Å². The molecule has 1 spiro atoms. The number of hydrogen-bond acceptors (Lipinski definition) is 0. The molecule has 0 fully saturated rings. The van der Waals surface area contributed by atoms with Crippen molar-refractivity contribution in [1.29, 1.82) is 0 Å². The Balaban J connectivity index is 1.77. The quantitative estimate of drug-likeness (QED) is 0.344. The fourth-order valence-corrected chi connectivity index (χ4v) is 6.16. The molecule has 8 rings (SSSR count). The lowest BCUT2D eigenvalue weighted by Gasteiger charge is -2.26. The lowest BCUT2D eigenvalue weighted by atomic mass is 9.75. The maximum absolute atomic E-state index is 2.49. The first-order valence-corrected chi connectivity index (χ1v) is 10.1. The number of hydrogen-bond donors (Lipinski definition) is 0. The van der Waals surface area contributed by atoms with Gasteiger partial charge in [-0.1, -0.05) is 36.4 Å². The van der Waals surface area contributed by atoms with Crippen LogP contribution in [-0.2, 0) is 5.66 Å². The van der Waals surface area contributed by atoms with Crippen molar-refractivity contribution in [3.8, 4) is 33.6 Å². The molecule has 0 saturated carbocycles. The predicted molar refractivity (Wildman–Crippen MR) is 112 cm³/mol. The van der Waals surface area contributed by atoms with Gasteiger partial charge in [-0.05, 0) is 35.2 Å². The average Bonchev–Trinajstić information content (AvgIpc) is 3.26. The van der Waals surface area contributed by atoms with Crippen LogP contribution in [-0.4, -0.2) is 0 Å². The van der Waals surface area contributed by atoms with Crippen molar-refractivity contribution >= 4 is 10.8 Å². The van der Waals surface area contributed by atoms with Crippen LogP contribution in [0.4, 0.5) is 0 Å². The Labute approximate surface area is 167 Å². The van der Waals surface area contributed by atoms with Crippen LogP contribution in [0.5, 0.6) is 0 Å². The van der Waals surface area contributed by atoms with Gasteiger partial charge < -0.3 is 0 Å². The van der Waals surface area contributed by atoms with Gasteiger partial charge in [-0.2, -0.15) is 0 Å². The Bertz CT molecular complexity index is 1550. The van der Waals surface area contributed by atoms with Crippen LogP contribution in [0, 0.1) is 0 Å². The maximum atomic E-state index is 2.49. The van der Waals surface area contributed by atoms with Gasteiger partial charge in [-0.25, -0.2) is 0 Å². The summed E-state index contributed by atoms with van der Waals surface area (Å²) in [5, 5.41) is 2.71. The third-order valence-corrected chi connectivity index (χ3v) is 7.07. The van der Waals surface area contributed by atoms with E-state index in [0.29, 0.717) is 0 Å². The summed E-state index contributed by atoms with van der Waals surface area (Å²) in [6.07, 6.45) is 4.51. The molecule has 0 amide bonds. The minimum Gasteiger partial charge on any atom is -0.125 e. The molecule has 29 heavy (non-hydrogen) atoms. The van der Waals surface area contributed by atoms with Crippen LogP contribution < -0.4 is 9.13 Å². The van der Waals surface area contributed by atoms with Crippen molar-refractivity contribution in [2.75, 3.05) is 0 Å². The minimum absolute atomic E-state index is 0.359. The van der Waals surface area contributed by atoms with Gasteiger partial charge in [0.2, 0.25) is 11.4 Å². The first-order valence-electron chi connectivity index (χ1n) is 10.1. The van der Waals surface area contributed by atoms with E-state index in [1.807, 2.05) is 0 Å². The highest BCUT2D eigenvalue weighted by Crippen LogP contribution is 2.56. The molecular weight excluding hydrogens is 352 g/mol. The van der Waals surface area contributed by atoms with Crippen molar-refractivity contribution in [3.05, 3.63) is 108 Å². The number of pyridine rings is 2. The summed E-state index contributed by atoms with van der Waals surface area (Å²) in [5.74, 6) is 0. The monoisotopic (exact) mass is 368 g/mol. The molecule has 1 atom stereocenters. The van der Waals surface area contributed by atoms with Gasteiger partial charge in [-0.15, -0.1) is 9.13 Å². The molecule has 1 aliphatic carbocycles. The molecule has 0 radical (unpaired) electrons. The molecule has 0 saturated heterocycles. The summed E-state index contributed by atoms with van der Waals surface area (Å²) in [4.78, 5) is 0. The molecular formula is C27H16N2+2. The first kappa shape index (κ1) is 14.3. The summed E-state index contributed by atoms with van der Waals surface area (Å²) in [6.45, 7) is 0. The molecule has 132 valence electrons. The van der Waals surface area contributed by atoms with E-state index in [-0.39, 0.29) is 5.66 Å². The molecule has 4 heterocycles. The third-order valence-electron chi connectivity index (χ3n) is 7.07. The van der Waals surface area contributed by atoms with Gasteiger partial charge in [0.05, 0.1) is 11.1 Å². The highest BCUT2D eigenvalue weighted by atomic mass is 15.3. The molecule has 1 unspecified atom stereocenters. The summed E-state index contributed by atoms with van der Waals surface area (Å²) in [5.41, 5.74) is 10.4. The molecule has 3 aliphatic rings. The smallest absolute Gasteiger partial charge is 0.125 e. The third kappa shape index (κ3) is 1.32. The summed E-state index contributed by atoms with van der Waals surface area (Å²) < 4.78 is 4.98. The largest absolute Gasteiger partial charge is 0.418 e. The number of aromatic nitrogens is 2. The van der Waals surface area contributed by atoms with Crippen LogP contribution in [0.2, 0.25) is 0 Å². The molecule has 0 bridgehead atoms. The first-order chi connectivity index (χ1) is 14.4. The van der Waals surface area contributed by atoms with Crippen molar-refractivity contribution in [3.63, 3.8) is 0 Å². The highest BCUT2D eigenvalue weighted by Gasteiger charge is 2.69. The Morgan fingerprint density at radius 1 is 0.483 bits per heavy atom. The van der Waals surface area contributed by atoms with Gasteiger partial charge in [-0.3, -0.25) is 0 Å². The van der Waals surface area contributed by atoms with Gasteiger partial charge in [0.25, 0.3) is 0 Å². The Morgan fingerprint density at radius 2 is 1.14 bits per heavy atom. The van der Waals surface area contributed by atoms with Crippen LogP contribution >= 0.6 is 0 Å². The maximum Gasteiger partial charge on any atom is 0.418 e. The lowest BCUT2D eigenvalue weighted by molar-refractivity contribution is -0.954. The lowest BCUT2D eigenvalue weighted by Crippen LogP contribution is -2.71. The number of fused-ring (bicyclic) bond motifs is 5. The minimum atomic E-state index is -0.359. The van der Waals surface area contributed by atoms with Crippen molar-refractivity contribution in [2.24, 2.45) is 0 Å². The molecule has 2 nitrogen and oxygen atoms in total. The Kier molecular flexibility index (Phi) is 2.18. The zero-order valence-electron chi connectivity index (χ0n) is 15.6. The van der Waals surface area contributed by atoms with Crippen LogP contribution in [0.15, 0.2) is 97.3 Å². The van der Waals surface area contributed by atoms with E-state index in [2.05, 4.69) is 106 Å². The normalized spacial score (nSPS) is 18.5. The summed E-state index contributed by atoms with van der Waals surface area (Å²) in [6, 6.07) is 31.3. The van der Waals surface area contributed by atoms with E-state index in [4.69, 9.17) is 0 Å². The van der Waals surface area contributed by atoms with E-state index < -0.39 is 0 Å². The number of rotatable bonds is 0. The molecule has 3 aromatic carbocycles. The van der Waals surface area contributed by atoms with Crippen LogP contribution in [0.3, 0.4) is 0 Å². The molecule has 2 aromatic heterocycles. The van der Waals surface area contributed by atoms with E-state index in [0.717, 1.165) is 0 Å². The number of nitrogens with zero attached hydrogens (tertiary/aromatic N) is 2. The van der Waals surface area contributed by atoms with E-state index in [1.165, 1.54) is 55.5 Å². The fraction of sp³-hybridized carbons (Fsp3) is 0.0370. The average molecular weight is 368 g/mol. The second kappa shape index (κ2) is 4.44. The topological polar surface area (TPSA) is 7.76 Å². The standard InChI is InChI=1S/C27H16N2/c1-3-15-28-22(11-1)20-10-6-9-19-18-8-5-7-17-13-14-21-23-12-2-4-16-29(23)27(28,25(19)20)26(21)24(17)18/h1-16H/q+2. The van der Waals surface area contributed by atoms with E-state index in [9.17, 15) is 0 Å². The second-order valence-electron chi connectivity index (χ2n) is 8.20. The Hall–Kier alpha value is -3.78. The zero-order chi connectivity index (χ0) is 18.7.